The zero-order chi connectivity index (χ0) is 13.1. The number of hydrogen-bond donors (Lipinski definition) is 1. The Kier molecular flexibility index (Phi) is 3.62. The third-order valence-electron chi connectivity index (χ3n) is 2.58. The van der Waals surface area contributed by atoms with E-state index >= 15 is 0 Å². The number of benzene rings is 1. The van der Waals surface area contributed by atoms with Crippen molar-refractivity contribution in [1.29, 1.82) is 0 Å². The molecule has 96 valence electrons. The Morgan fingerprint density at radius 3 is 2.78 bits per heavy atom. The molecule has 1 aromatic carbocycles. The molecule has 2 rings (SSSR count). The molecule has 0 spiro atoms. The molecule has 18 heavy (non-hydrogen) atoms. The van der Waals surface area contributed by atoms with Crippen molar-refractivity contribution in [2.45, 2.75) is 33.4 Å². The fraction of sp³-hybridized carbons (Fsp3) is 0.385. The van der Waals surface area contributed by atoms with Gasteiger partial charge in [-0.15, -0.1) is 0 Å². The fourth-order valence-corrected chi connectivity index (χ4v) is 1.69. The Bertz CT molecular complexity index is 535. The van der Waals surface area contributed by atoms with Crippen LogP contribution in [-0.2, 0) is 6.61 Å². The summed E-state index contributed by atoms with van der Waals surface area (Å²) in [6.45, 7) is 5.98. The van der Waals surface area contributed by atoms with Crippen molar-refractivity contribution in [1.82, 2.24) is 10.1 Å². The molecule has 0 amide bonds. The van der Waals surface area contributed by atoms with Crippen LogP contribution in [-0.4, -0.2) is 10.1 Å². The highest BCUT2D eigenvalue weighted by atomic mass is 16.5. The molecule has 2 N–H and O–H groups in total. The maximum atomic E-state index is 5.93. The molecule has 2 aromatic rings. The van der Waals surface area contributed by atoms with Crippen LogP contribution < -0.4 is 10.5 Å². The van der Waals surface area contributed by atoms with Crippen molar-refractivity contribution in [3.63, 3.8) is 0 Å². The van der Waals surface area contributed by atoms with E-state index in [4.69, 9.17) is 15.0 Å². The topological polar surface area (TPSA) is 74.2 Å². The number of aromatic nitrogens is 2. The summed E-state index contributed by atoms with van der Waals surface area (Å²) in [7, 11) is 0. The van der Waals surface area contributed by atoms with Crippen LogP contribution in [0.1, 0.15) is 35.8 Å². The predicted molar refractivity (Wildman–Crippen MR) is 67.1 cm³/mol. The third kappa shape index (κ3) is 2.87. The molecule has 0 saturated heterocycles. The second-order valence-electron chi connectivity index (χ2n) is 4.35. The van der Waals surface area contributed by atoms with E-state index in [9.17, 15) is 0 Å². The zero-order valence-corrected chi connectivity index (χ0v) is 10.8. The Balaban J connectivity index is 2.13. The van der Waals surface area contributed by atoms with E-state index in [1.165, 1.54) is 0 Å². The summed E-state index contributed by atoms with van der Waals surface area (Å²) >= 11 is 0. The Morgan fingerprint density at radius 2 is 2.17 bits per heavy atom. The van der Waals surface area contributed by atoms with Crippen LogP contribution in [0.4, 0.5) is 0 Å². The van der Waals surface area contributed by atoms with Crippen molar-refractivity contribution < 1.29 is 9.26 Å². The summed E-state index contributed by atoms with van der Waals surface area (Å²) in [5.41, 5.74) is 8.06. The lowest BCUT2D eigenvalue weighted by Crippen LogP contribution is -2.08. The minimum absolute atomic E-state index is 0.0793. The quantitative estimate of drug-likeness (QED) is 0.897. The number of nitrogens with two attached hydrogens (primary N) is 1. The average Bonchev–Trinajstić information content (AvgIpc) is 2.73. The lowest BCUT2D eigenvalue weighted by atomic mass is 10.1. The predicted octanol–water partition coefficient (Wildman–Crippen LogP) is 2.29. The molecule has 1 unspecified atom stereocenters. The molecule has 0 fully saturated rings. The standard InChI is InChI=1S/C13H17N3O2/c1-8-4-5-12(11(6-8)9(2)14)17-7-13-15-10(3)16-18-13/h4-6,9H,7,14H2,1-3H3. The number of rotatable bonds is 4. The number of hydrogen-bond acceptors (Lipinski definition) is 5. The first-order valence-electron chi connectivity index (χ1n) is 5.84. The van der Waals surface area contributed by atoms with Crippen LogP contribution in [0.5, 0.6) is 5.75 Å². The first-order chi connectivity index (χ1) is 8.56. The molecule has 5 nitrogen and oxygen atoms in total. The van der Waals surface area contributed by atoms with Crippen molar-refractivity contribution >= 4 is 0 Å². The smallest absolute Gasteiger partial charge is 0.264 e. The van der Waals surface area contributed by atoms with Crippen molar-refractivity contribution in [2.75, 3.05) is 0 Å². The molecule has 1 heterocycles. The van der Waals surface area contributed by atoms with Crippen LogP contribution in [0.3, 0.4) is 0 Å². The van der Waals surface area contributed by atoms with Gasteiger partial charge in [-0.1, -0.05) is 22.9 Å². The summed E-state index contributed by atoms with van der Waals surface area (Å²) in [6, 6.07) is 5.85. The van der Waals surface area contributed by atoms with Gasteiger partial charge in [0.2, 0.25) is 0 Å². The van der Waals surface area contributed by atoms with E-state index in [2.05, 4.69) is 10.1 Å². The first kappa shape index (κ1) is 12.6. The molecule has 1 aromatic heterocycles. The van der Waals surface area contributed by atoms with Gasteiger partial charge < -0.3 is 15.0 Å². The van der Waals surface area contributed by atoms with Crippen LogP contribution in [0, 0.1) is 13.8 Å². The minimum Gasteiger partial charge on any atom is -0.483 e. The van der Waals surface area contributed by atoms with Crippen LogP contribution in [0.15, 0.2) is 22.7 Å². The highest BCUT2D eigenvalue weighted by Crippen LogP contribution is 2.25. The number of ether oxygens (including phenoxy) is 1. The first-order valence-corrected chi connectivity index (χ1v) is 5.84. The van der Waals surface area contributed by atoms with Gasteiger partial charge in [-0.05, 0) is 26.8 Å². The normalized spacial score (nSPS) is 12.4. The number of nitrogens with zero attached hydrogens (tertiary/aromatic N) is 2. The summed E-state index contributed by atoms with van der Waals surface area (Å²) in [4.78, 5) is 4.08. The van der Waals surface area contributed by atoms with Gasteiger partial charge in [0.1, 0.15) is 5.75 Å². The second kappa shape index (κ2) is 5.18. The number of aryl methyl sites for hydroxylation is 2. The van der Waals surface area contributed by atoms with E-state index in [-0.39, 0.29) is 12.6 Å². The Hall–Kier alpha value is -1.88. The highest BCUT2D eigenvalue weighted by molar-refractivity contribution is 5.38. The van der Waals surface area contributed by atoms with Crippen LogP contribution in [0.25, 0.3) is 0 Å². The minimum atomic E-state index is -0.0793. The van der Waals surface area contributed by atoms with Gasteiger partial charge in [0.25, 0.3) is 5.89 Å². The maximum absolute atomic E-state index is 5.93. The molecular formula is C13H17N3O2. The summed E-state index contributed by atoms with van der Waals surface area (Å²) in [5.74, 6) is 1.82. The van der Waals surface area contributed by atoms with Gasteiger partial charge in [0.05, 0.1) is 0 Å². The van der Waals surface area contributed by atoms with Crippen LogP contribution in [0.2, 0.25) is 0 Å². The average molecular weight is 247 g/mol. The Morgan fingerprint density at radius 1 is 1.39 bits per heavy atom. The van der Waals surface area contributed by atoms with Gasteiger partial charge in [-0.2, -0.15) is 4.98 Å². The molecule has 0 aliphatic heterocycles. The van der Waals surface area contributed by atoms with E-state index in [1.54, 1.807) is 6.92 Å². The monoisotopic (exact) mass is 247 g/mol. The van der Waals surface area contributed by atoms with E-state index in [0.29, 0.717) is 11.7 Å². The molecule has 5 heteroatoms. The van der Waals surface area contributed by atoms with E-state index in [0.717, 1.165) is 16.9 Å². The van der Waals surface area contributed by atoms with Gasteiger partial charge >= 0.3 is 0 Å². The molecule has 0 radical (unpaired) electrons. The SMILES string of the molecule is Cc1ccc(OCc2nc(C)no2)c(C(C)N)c1. The summed E-state index contributed by atoms with van der Waals surface area (Å²) < 4.78 is 10.7. The zero-order valence-electron chi connectivity index (χ0n) is 10.8. The molecule has 0 aliphatic carbocycles. The lowest BCUT2D eigenvalue weighted by molar-refractivity contribution is 0.240. The molecular weight excluding hydrogens is 230 g/mol. The second-order valence-corrected chi connectivity index (χ2v) is 4.35. The Labute approximate surface area is 106 Å². The fourth-order valence-electron chi connectivity index (χ4n) is 1.69. The molecule has 1 atom stereocenters. The lowest BCUT2D eigenvalue weighted by Gasteiger charge is -2.13. The summed E-state index contributed by atoms with van der Waals surface area (Å²) in [5, 5.41) is 3.71. The van der Waals surface area contributed by atoms with Gasteiger partial charge in [0, 0.05) is 11.6 Å². The van der Waals surface area contributed by atoms with Gasteiger partial charge in [-0.25, -0.2) is 0 Å². The molecule has 0 bridgehead atoms. The van der Waals surface area contributed by atoms with Crippen LogP contribution >= 0.6 is 0 Å². The largest absolute Gasteiger partial charge is 0.483 e. The van der Waals surface area contributed by atoms with Gasteiger partial charge in [-0.3, -0.25) is 0 Å². The van der Waals surface area contributed by atoms with Crippen molar-refractivity contribution in [3.8, 4) is 5.75 Å². The molecule has 0 aliphatic rings. The highest BCUT2D eigenvalue weighted by Gasteiger charge is 2.10. The molecule has 0 saturated carbocycles. The van der Waals surface area contributed by atoms with Gasteiger partial charge in [0.15, 0.2) is 12.4 Å². The maximum Gasteiger partial charge on any atom is 0.264 e. The third-order valence-corrected chi connectivity index (χ3v) is 2.58. The van der Waals surface area contributed by atoms with Crippen molar-refractivity contribution in [3.05, 3.63) is 41.0 Å². The summed E-state index contributed by atoms with van der Waals surface area (Å²) in [6.07, 6.45) is 0. The van der Waals surface area contributed by atoms with Crippen molar-refractivity contribution in [2.24, 2.45) is 5.73 Å². The van der Waals surface area contributed by atoms with E-state index in [1.807, 2.05) is 32.0 Å². The van der Waals surface area contributed by atoms with E-state index < -0.39 is 0 Å².